The number of morpholine rings is 1. The molecule has 1 aliphatic rings. The van der Waals surface area contributed by atoms with Crippen LogP contribution in [0.5, 0.6) is 11.5 Å². The lowest BCUT2D eigenvalue weighted by Gasteiger charge is -2.26. The fourth-order valence-corrected chi connectivity index (χ4v) is 2.59. The number of unbranched alkanes of at least 4 members (excludes halogenated alkanes) is 1. The van der Waals surface area contributed by atoms with Crippen LogP contribution in [0.15, 0.2) is 18.2 Å². The number of hydrogen-bond donors (Lipinski definition) is 1. The van der Waals surface area contributed by atoms with Crippen molar-refractivity contribution in [2.45, 2.75) is 19.5 Å². The Morgan fingerprint density at radius 3 is 2.72 bits per heavy atom. The lowest BCUT2D eigenvalue weighted by Crippen LogP contribution is -2.37. The van der Waals surface area contributed by atoms with E-state index in [0.29, 0.717) is 12.1 Å². The van der Waals surface area contributed by atoms with E-state index in [4.69, 9.17) is 9.47 Å². The van der Waals surface area contributed by atoms with Crippen molar-refractivity contribution in [3.05, 3.63) is 23.8 Å². The van der Waals surface area contributed by atoms with E-state index in [2.05, 4.69) is 15.0 Å². The average Bonchev–Trinajstić information content (AvgIpc) is 2.62. The van der Waals surface area contributed by atoms with Crippen molar-refractivity contribution >= 4 is 5.91 Å². The number of hydrogen-bond acceptors (Lipinski definition) is 5. The van der Waals surface area contributed by atoms with Crippen molar-refractivity contribution < 1.29 is 27.8 Å². The van der Waals surface area contributed by atoms with Crippen LogP contribution < -0.4 is 14.8 Å². The van der Waals surface area contributed by atoms with Crippen molar-refractivity contribution in [3.63, 3.8) is 0 Å². The van der Waals surface area contributed by atoms with Gasteiger partial charge in [-0.15, -0.1) is 0 Å². The number of ether oxygens (including phenoxy) is 3. The van der Waals surface area contributed by atoms with Crippen LogP contribution in [-0.2, 0) is 4.74 Å². The Balaban J connectivity index is 1.74. The van der Waals surface area contributed by atoms with Crippen molar-refractivity contribution in [3.8, 4) is 11.5 Å². The first-order valence-electron chi connectivity index (χ1n) is 8.31. The van der Waals surface area contributed by atoms with Crippen LogP contribution in [0.3, 0.4) is 0 Å². The number of halogens is 2. The second-order valence-electron chi connectivity index (χ2n) is 5.66. The lowest BCUT2D eigenvalue weighted by molar-refractivity contribution is -0.0512. The first kappa shape index (κ1) is 19.4. The standard InChI is InChI=1S/C17H24F2N2O4/c1-23-15-12-13(4-5-14(15)25-17(18)19)16(22)20-6-2-3-7-21-8-10-24-11-9-21/h4-5,12,17H,2-3,6-11H2,1H3,(H,20,22). The maximum absolute atomic E-state index is 12.3. The Labute approximate surface area is 146 Å². The van der Waals surface area contributed by atoms with Gasteiger partial charge in [0.25, 0.3) is 5.91 Å². The molecular formula is C17H24F2N2O4. The topological polar surface area (TPSA) is 60.0 Å². The van der Waals surface area contributed by atoms with Crippen LogP contribution in [0.2, 0.25) is 0 Å². The van der Waals surface area contributed by atoms with Crippen LogP contribution in [0.1, 0.15) is 23.2 Å². The largest absolute Gasteiger partial charge is 0.493 e. The quantitative estimate of drug-likeness (QED) is 0.686. The zero-order valence-corrected chi connectivity index (χ0v) is 14.3. The molecule has 0 unspecified atom stereocenters. The van der Waals surface area contributed by atoms with Crippen LogP contribution in [0.4, 0.5) is 8.78 Å². The summed E-state index contributed by atoms with van der Waals surface area (Å²) >= 11 is 0. The van der Waals surface area contributed by atoms with E-state index < -0.39 is 6.61 Å². The predicted molar refractivity (Wildman–Crippen MR) is 88.5 cm³/mol. The van der Waals surface area contributed by atoms with E-state index in [-0.39, 0.29) is 17.4 Å². The second kappa shape index (κ2) is 10.1. The molecule has 1 saturated heterocycles. The summed E-state index contributed by atoms with van der Waals surface area (Å²) in [7, 11) is 1.33. The van der Waals surface area contributed by atoms with Gasteiger partial charge in [0.05, 0.1) is 20.3 Å². The lowest BCUT2D eigenvalue weighted by atomic mass is 10.2. The molecule has 0 radical (unpaired) electrons. The Morgan fingerprint density at radius 1 is 1.28 bits per heavy atom. The summed E-state index contributed by atoms with van der Waals surface area (Å²) in [6.45, 7) is 2.08. The molecule has 0 bridgehead atoms. The van der Waals surface area contributed by atoms with Gasteiger partial charge in [-0.05, 0) is 37.6 Å². The van der Waals surface area contributed by atoms with Gasteiger partial charge in [0, 0.05) is 25.2 Å². The van der Waals surface area contributed by atoms with Crippen molar-refractivity contribution in [1.82, 2.24) is 10.2 Å². The Morgan fingerprint density at radius 2 is 2.04 bits per heavy atom. The van der Waals surface area contributed by atoms with Crippen LogP contribution in [-0.4, -0.2) is 63.9 Å². The Kier molecular flexibility index (Phi) is 7.87. The van der Waals surface area contributed by atoms with Gasteiger partial charge in [0.1, 0.15) is 0 Å². The number of benzene rings is 1. The number of methoxy groups -OCH3 is 1. The third kappa shape index (κ3) is 6.47. The fourth-order valence-electron chi connectivity index (χ4n) is 2.59. The van der Waals surface area contributed by atoms with Crippen LogP contribution in [0, 0.1) is 0 Å². The van der Waals surface area contributed by atoms with Gasteiger partial charge in [0.15, 0.2) is 11.5 Å². The highest BCUT2D eigenvalue weighted by atomic mass is 19.3. The number of nitrogens with one attached hydrogen (secondary N) is 1. The number of carbonyl (C=O) groups is 1. The van der Waals surface area contributed by atoms with Gasteiger partial charge >= 0.3 is 6.61 Å². The normalized spacial score (nSPS) is 15.2. The highest BCUT2D eigenvalue weighted by Gasteiger charge is 2.14. The maximum Gasteiger partial charge on any atom is 0.387 e. The molecular weight excluding hydrogens is 334 g/mol. The van der Waals surface area contributed by atoms with E-state index in [1.54, 1.807) is 0 Å². The number of alkyl halides is 2. The molecule has 1 heterocycles. The summed E-state index contributed by atoms with van der Waals surface area (Å²) in [5.74, 6) is -0.270. The van der Waals surface area contributed by atoms with Crippen molar-refractivity contribution in [2.75, 3.05) is 46.5 Å². The van der Waals surface area contributed by atoms with E-state index in [1.807, 2.05) is 0 Å². The third-order valence-electron chi connectivity index (χ3n) is 3.93. The zero-order chi connectivity index (χ0) is 18.1. The minimum absolute atomic E-state index is 0.0975. The molecule has 25 heavy (non-hydrogen) atoms. The minimum Gasteiger partial charge on any atom is -0.493 e. The smallest absolute Gasteiger partial charge is 0.387 e. The zero-order valence-electron chi connectivity index (χ0n) is 14.3. The van der Waals surface area contributed by atoms with Gasteiger partial charge in [-0.25, -0.2) is 0 Å². The molecule has 1 fully saturated rings. The summed E-state index contributed by atoms with van der Waals surface area (Å²) < 4.78 is 39.2. The minimum atomic E-state index is -2.94. The summed E-state index contributed by atoms with van der Waals surface area (Å²) in [6.07, 6.45) is 1.86. The molecule has 1 N–H and O–H groups in total. The molecule has 0 spiro atoms. The van der Waals surface area contributed by atoms with Crippen molar-refractivity contribution in [1.29, 1.82) is 0 Å². The number of rotatable bonds is 9. The first-order valence-corrected chi connectivity index (χ1v) is 8.31. The monoisotopic (exact) mass is 358 g/mol. The van der Waals surface area contributed by atoms with Crippen molar-refractivity contribution in [2.24, 2.45) is 0 Å². The molecule has 0 aromatic heterocycles. The maximum atomic E-state index is 12.3. The highest BCUT2D eigenvalue weighted by molar-refractivity contribution is 5.94. The molecule has 1 amide bonds. The van der Waals surface area contributed by atoms with Crippen LogP contribution in [0.25, 0.3) is 0 Å². The van der Waals surface area contributed by atoms with E-state index in [1.165, 1.54) is 25.3 Å². The molecule has 1 aromatic rings. The summed E-state index contributed by atoms with van der Waals surface area (Å²) in [6, 6.07) is 4.13. The Bertz CT molecular complexity index is 551. The Hall–Kier alpha value is -1.93. The van der Waals surface area contributed by atoms with Crippen LogP contribution >= 0.6 is 0 Å². The number of nitrogens with zero attached hydrogens (tertiary/aromatic N) is 1. The number of carbonyl (C=O) groups excluding carboxylic acids is 1. The number of amides is 1. The summed E-state index contributed by atoms with van der Waals surface area (Å²) in [5.41, 5.74) is 0.339. The molecule has 2 rings (SSSR count). The van der Waals surface area contributed by atoms with Gasteiger partial charge < -0.3 is 19.5 Å². The summed E-state index contributed by atoms with van der Waals surface area (Å²) in [5, 5.41) is 2.82. The van der Waals surface area contributed by atoms with Gasteiger partial charge in [0.2, 0.25) is 0 Å². The molecule has 8 heteroatoms. The predicted octanol–water partition coefficient (Wildman–Crippen LogP) is 2.14. The van der Waals surface area contributed by atoms with Gasteiger partial charge in [-0.1, -0.05) is 0 Å². The van der Waals surface area contributed by atoms with E-state index >= 15 is 0 Å². The molecule has 140 valence electrons. The molecule has 6 nitrogen and oxygen atoms in total. The van der Waals surface area contributed by atoms with Gasteiger partial charge in [-0.3, -0.25) is 9.69 Å². The van der Waals surface area contributed by atoms with E-state index in [9.17, 15) is 13.6 Å². The first-order chi connectivity index (χ1) is 12.1. The summed E-state index contributed by atoms with van der Waals surface area (Å²) in [4.78, 5) is 14.5. The molecule has 1 aliphatic heterocycles. The fraction of sp³-hybridized carbons (Fsp3) is 0.588. The highest BCUT2D eigenvalue weighted by Crippen LogP contribution is 2.29. The molecule has 0 saturated carbocycles. The SMILES string of the molecule is COc1cc(C(=O)NCCCCN2CCOCC2)ccc1OC(F)F. The molecule has 1 aromatic carbocycles. The second-order valence-corrected chi connectivity index (χ2v) is 5.66. The van der Waals surface area contributed by atoms with Gasteiger partial charge in [-0.2, -0.15) is 8.78 Å². The third-order valence-corrected chi connectivity index (χ3v) is 3.93. The molecule has 0 atom stereocenters. The average molecular weight is 358 g/mol. The van der Waals surface area contributed by atoms with E-state index in [0.717, 1.165) is 45.7 Å². The molecule has 0 aliphatic carbocycles.